The Morgan fingerprint density at radius 1 is 0.911 bits per heavy atom. The minimum Gasteiger partial charge on any atom is -0.482 e. The zero-order chi connectivity index (χ0) is 30.7. The van der Waals surface area contributed by atoms with Crippen molar-refractivity contribution in [1.29, 1.82) is 0 Å². The van der Waals surface area contributed by atoms with Gasteiger partial charge in [-0.2, -0.15) is 0 Å². The summed E-state index contributed by atoms with van der Waals surface area (Å²) in [5.74, 6) is -1.96. The number of amides is 1. The molecule has 2 aliphatic heterocycles. The summed E-state index contributed by atoms with van der Waals surface area (Å²) >= 11 is 0. The van der Waals surface area contributed by atoms with Crippen molar-refractivity contribution in [2.75, 3.05) is 31.4 Å². The highest BCUT2D eigenvalue weighted by Crippen LogP contribution is 2.56. The minimum absolute atomic E-state index is 0.0373. The minimum atomic E-state index is -1.05. The second-order valence-electron chi connectivity index (χ2n) is 12.2. The Balaban J connectivity index is 1.33. The van der Waals surface area contributed by atoms with Gasteiger partial charge in [-0.15, -0.1) is 0 Å². The number of hydrogen-bond donors (Lipinski definition) is 0. The largest absolute Gasteiger partial charge is 0.482 e. The fraction of sp³-hybridized carbons (Fsp3) is 0.278. The number of rotatable bonds is 6. The maximum absolute atomic E-state index is 15.1. The molecule has 8 rings (SSSR count). The monoisotopic (exact) mass is 607 g/mol. The summed E-state index contributed by atoms with van der Waals surface area (Å²) in [6, 6.07) is 21.3. The molecule has 0 N–H and O–H groups in total. The Morgan fingerprint density at radius 3 is 2.49 bits per heavy atom. The van der Waals surface area contributed by atoms with E-state index in [9.17, 15) is 14.0 Å². The van der Waals surface area contributed by atoms with Crippen LogP contribution in [0.4, 0.5) is 8.78 Å². The number of carbonyl (C=O) groups is 1. The number of carbonyl (C=O) groups excluding carboxylic acids is 1. The molecule has 7 nitrogen and oxygen atoms in total. The summed E-state index contributed by atoms with van der Waals surface area (Å²) in [6.45, 7) is 1.98. The van der Waals surface area contributed by atoms with E-state index in [2.05, 4.69) is 6.08 Å². The maximum atomic E-state index is 15.1. The van der Waals surface area contributed by atoms with Gasteiger partial charge in [0, 0.05) is 32.0 Å². The number of nitrogens with zero attached hydrogens (tertiary/aromatic N) is 3. The Kier molecular flexibility index (Phi) is 6.60. The van der Waals surface area contributed by atoms with Crippen LogP contribution < -0.4 is 15.2 Å². The van der Waals surface area contributed by atoms with E-state index >= 15 is 4.39 Å². The SMILES string of the molecule is O=C1c2c(OCc3ccccc3)c(=O)ccn2N(C23C(=Cc4ccccc42)Cc2cc(F)c(F)cc23)CN1CC1CCOCC1. The molecule has 1 unspecified atom stereocenters. The van der Waals surface area contributed by atoms with Crippen LogP contribution in [-0.4, -0.2) is 41.9 Å². The van der Waals surface area contributed by atoms with E-state index < -0.39 is 22.6 Å². The fourth-order valence-corrected chi connectivity index (χ4v) is 7.50. The Labute approximate surface area is 258 Å². The highest BCUT2D eigenvalue weighted by Gasteiger charge is 2.55. The third kappa shape index (κ3) is 4.32. The van der Waals surface area contributed by atoms with Crippen molar-refractivity contribution in [1.82, 2.24) is 9.58 Å². The highest BCUT2D eigenvalue weighted by atomic mass is 19.2. The first-order chi connectivity index (χ1) is 21.9. The van der Waals surface area contributed by atoms with E-state index in [1.165, 1.54) is 18.2 Å². The smallest absolute Gasteiger partial charge is 0.277 e. The number of benzene rings is 3. The zero-order valence-electron chi connectivity index (χ0n) is 24.5. The lowest BCUT2D eigenvalue weighted by Gasteiger charge is -2.50. The van der Waals surface area contributed by atoms with Crippen LogP contribution in [0.15, 0.2) is 89.4 Å². The summed E-state index contributed by atoms with van der Waals surface area (Å²) in [5, 5.41) is 2.03. The van der Waals surface area contributed by atoms with Crippen LogP contribution in [0.1, 0.15) is 51.1 Å². The molecule has 1 amide bonds. The first-order valence-electron chi connectivity index (χ1n) is 15.3. The van der Waals surface area contributed by atoms with E-state index in [1.807, 2.05) is 59.6 Å². The van der Waals surface area contributed by atoms with Gasteiger partial charge in [0.05, 0.1) is 0 Å². The van der Waals surface area contributed by atoms with Crippen molar-refractivity contribution >= 4 is 12.0 Å². The van der Waals surface area contributed by atoms with Gasteiger partial charge in [-0.1, -0.05) is 60.7 Å². The molecule has 45 heavy (non-hydrogen) atoms. The fourth-order valence-electron chi connectivity index (χ4n) is 7.50. The molecule has 228 valence electrons. The Bertz CT molecular complexity index is 1920. The normalized spacial score (nSPS) is 20.4. The molecule has 9 heteroatoms. The van der Waals surface area contributed by atoms with Crippen LogP contribution in [0.3, 0.4) is 0 Å². The molecule has 0 bridgehead atoms. The lowest BCUT2D eigenvalue weighted by molar-refractivity contribution is 0.0398. The van der Waals surface area contributed by atoms with Gasteiger partial charge >= 0.3 is 0 Å². The van der Waals surface area contributed by atoms with Gasteiger partial charge in [-0.3, -0.25) is 19.3 Å². The second-order valence-corrected chi connectivity index (χ2v) is 12.2. The molecule has 1 fully saturated rings. The van der Waals surface area contributed by atoms with Crippen molar-refractivity contribution in [2.45, 2.75) is 31.4 Å². The van der Waals surface area contributed by atoms with E-state index in [0.717, 1.165) is 35.1 Å². The average Bonchev–Trinajstić information content (AvgIpc) is 3.54. The van der Waals surface area contributed by atoms with E-state index in [1.54, 1.807) is 15.8 Å². The Morgan fingerprint density at radius 2 is 1.67 bits per heavy atom. The lowest BCUT2D eigenvalue weighted by atomic mass is 9.83. The van der Waals surface area contributed by atoms with Gasteiger partial charge < -0.3 is 14.4 Å². The molecule has 1 atom stereocenters. The quantitative estimate of drug-likeness (QED) is 0.295. The third-order valence-corrected chi connectivity index (χ3v) is 9.58. The van der Waals surface area contributed by atoms with Crippen molar-refractivity contribution < 1.29 is 23.0 Å². The number of hydrogen-bond acceptors (Lipinski definition) is 5. The summed E-state index contributed by atoms with van der Waals surface area (Å²) in [7, 11) is 0. The average molecular weight is 608 g/mol. The number of ether oxygens (including phenoxy) is 2. The molecule has 2 aliphatic carbocycles. The predicted octanol–water partition coefficient (Wildman–Crippen LogP) is 5.38. The van der Waals surface area contributed by atoms with E-state index in [0.29, 0.717) is 37.3 Å². The third-order valence-electron chi connectivity index (χ3n) is 9.58. The number of pyridine rings is 1. The lowest BCUT2D eigenvalue weighted by Crippen LogP contribution is -2.63. The van der Waals surface area contributed by atoms with E-state index in [-0.39, 0.29) is 36.5 Å². The molecule has 0 spiro atoms. The molecule has 1 saturated heterocycles. The molecule has 1 aromatic heterocycles. The van der Waals surface area contributed by atoms with Gasteiger partial charge in [0.15, 0.2) is 23.1 Å². The van der Waals surface area contributed by atoms with Crippen LogP contribution in [0.5, 0.6) is 5.75 Å². The van der Waals surface area contributed by atoms with Crippen LogP contribution in [0, 0.1) is 17.6 Å². The van der Waals surface area contributed by atoms with E-state index in [4.69, 9.17) is 9.47 Å². The molecule has 0 saturated carbocycles. The molecule has 4 aliphatic rings. The van der Waals surface area contributed by atoms with Crippen molar-refractivity contribution in [3.8, 4) is 5.75 Å². The van der Waals surface area contributed by atoms with Crippen molar-refractivity contribution in [3.05, 3.63) is 140 Å². The second kappa shape index (κ2) is 10.7. The molecular formula is C36H31F2N3O4. The topological polar surface area (TPSA) is 64.0 Å². The van der Waals surface area contributed by atoms with Gasteiger partial charge in [-0.05, 0) is 70.7 Å². The van der Waals surface area contributed by atoms with Gasteiger partial charge in [0.2, 0.25) is 5.43 Å². The summed E-state index contributed by atoms with van der Waals surface area (Å²) in [6.07, 6.45) is 5.73. The molecule has 3 heterocycles. The van der Waals surface area contributed by atoms with Crippen molar-refractivity contribution in [2.24, 2.45) is 5.92 Å². The molecular weight excluding hydrogens is 576 g/mol. The van der Waals surface area contributed by atoms with Crippen molar-refractivity contribution in [3.63, 3.8) is 0 Å². The first kappa shape index (κ1) is 27.8. The number of fused-ring (bicyclic) bond motifs is 6. The van der Waals surface area contributed by atoms with Crippen LogP contribution in [0.25, 0.3) is 6.08 Å². The van der Waals surface area contributed by atoms with Gasteiger partial charge in [0.1, 0.15) is 18.8 Å². The summed E-state index contributed by atoms with van der Waals surface area (Å²) < 4.78 is 43.2. The standard InChI is InChI=1S/C36H31F2N3O4/c37-30-18-26-17-27-16-25-8-4-5-9-28(25)36(27,29(26)19-31(30)38)41-22-39(20-23-11-14-44-15-12-23)35(43)33-34(32(42)10-13-40(33)41)45-21-24-6-2-1-3-7-24/h1-10,13,16,18-19,23H,11-12,14-15,17,20-22H2. The highest BCUT2D eigenvalue weighted by molar-refractivity contribution is 5.96. The van der Waals surface area contributed by atoms with Gasteiger partial charge in [-0.25, -0.2) is 8.78 Å². The molecule has 0 radical (unpaired) electrons. The first-order valence-corrected chi connectivity index (χ1v) is 15.3. The predicted molar refractivity (Wildman–Crippen MR) is 164 cm³/mol. The summed E-state index contributed by atoms with van der Waals surface area (Å²) in [4.78, 5) is 29.6. The number of halogens is 2. The molecule has 3 aromatic carbocycles. The summed E-state index contributed by atoms with van der Waals surface area (Å²) in [5.41, 5.74) is 3.65. The van der Waals surface area contributed by atoms with Gasteiger partial charge in [0.25, 0.3) is 5.91 Å². The van der Waals surface area contributed by atoms with Crippen LogP contribution in [-0.2, 0) is 23.3 Å². The maximum Gasteiger partial charge on any atom is 0.277 e. The Hall–Kier alpha value is -4.76. The van der Waals surface area contributed by atoms with Crippen LogP contribution in [0.2, 0.25) is 0 Å². The molecule has 4 aromatic rings. The number of aromatic nitrogens is 1. The zero-order valence-corrected chi connectivity index (χ0v) is 24.5. The van der Waals surface area contributed by atoms with Crippen LogP contribution >= 0.6 is 0 Å².